The van der Waals surface area contributed by atoms with Gasteiger partial charge in [-0.3, -0.25) is 4.79 Å². The highest BCUT2D eigenvalue weighted by atomic mass is 16.2. The molecule has 132 valence electrons. The van der Waals surface area contributed by atoms with Crippen LogP contribution in [0.25, 0.3) is 11.2 Å². The van der Waals surface area contributed by atoms with Crippen molar-refractivity contribution in [3.05, 3.63) is 24.2 Å². The van der Waals surface area contributed by atoms with Crippen molar-refractivity contribution in [2.75, 3.05) is 6.54 Å². The van der Waals surface area contributed by atoms with E-state index in [0.717, 1.165) is 29.5 Å². The first kappa shape index (κ1) is 15.4. The predicted molar refractivity (Wildman–Crippen MR) is 96.3 cm³/mol. The third kappa shape index (κ3) is 2.47. The minimum atomic E-state index is 0.159. The molecular weight excluding hydrogens is 312 g/mol. The standard InChI is InChI=1S/C20H26N4O/c1-12(2)24-11-22-18-8-16(9-21-19(18)24)20(25)23-10-15-4-13-3-14(5-15)7-17(23)6-13/h8-9,11-15,17H,3-7,10H2,1-2H3. The van der Waals surface area contributed by atoms with E-state index >= 15 is 0 Å². The van der Waals surface area contributed by atoms with Crippen LogP contribution in [0.15, 0.2) is 18.6 Å². The van der Waals surface area contributed by atoms with Crippen LogP contribution in [0.1, 0.15) is 62.4 Å². The predicted octanol–water partition coefficient (Wildman–Crippen LogP) is 3.66. The van der Waals surface area contributed by atoms with Gasteiger partial charge in [0.05, 0.1) is 11.9 Å². The average molecular weight is 338 g/mol. The summed E-state index contributed by atoms with van der Waals surface area (Å²) in [5.41, 5.74) is 2.38. The number of pyridine rings is 1. The molecule has 2 saturated heterocycles. The summed E-state index contributed by atoms with van der Waals surface area (Å²) < 4.78 is 2.05. The van der Waals surface area contributed by atoms with E-state index in [2.05, 4.69) is 33.3 Å². The van der Waals surface area contributed by atoms with Gasteiger partial charge in [-0.25, -0.2) is 9.97 Å². The maximum absolute atomic E-state index is 13.3. The first-order valence-electron chi connectivity index (χ1n) is 9.72. The number of carbonyl (C=O) groups is 1. The molecule has 4 bridgehead atoms. The summed E-state index contributed by atoms with van der Waals surface area (Å²) in [5, 5.41) is 0. The van der Waals surface area contributed by atoms with E-state index in [1.807, 2.05) is 12.4 Å². The molecule has 2 aliphatic carbocycles. The Hall–Kier alpha value is -1.91. The summed E-state index contributed by atoms with van der Waals surface area (Å²) >= 11 is 0. The summed E-state index contributed by atoms with van der Waals surface area (Å²) in [6, 6.07) is 2.68. The topological polar surface area (TPSA) is 51.0 Å². The molecular formula is C20H26N4O. The molecule has 1 amide bonds. The average Bonchev–Trinajstić information content (AvgIpc) is 2.91. The van der Waals surface area contributed by atoms with E-state index in [4.69, 9.17) is 0 Å². The van der Waals surface area contributed by atoms with Gasteiger partial charge in [0.2, 0.25) is 0 Å². The summed E-state index contributed by atoms with van der Waals surface area (Å²) in [7, 11) is 0. The second-order valence-electron chi connectivity index (χ2n) is 8.70. The number of hydrogen-bond acceptors (Lipinski definition) is 3. The summed E-state index contributed by atoms with van der Waals surface area (Å²) in [6.45, 7) is 5.17. The van der Waals surface area contributed by atoms with Gasteiger partial charge >= 0.3 is 0 Å². The van der Waals surface area contributed by atoms with Crippen molar-refractivity contribution < 1.29 is 4.79 Å². The van der Waals surface area contributed by atoms with Crippen molar-refractivity contribution >= 4 is 17.1 Å². The molecule has 2 unspecified atom stereocenters. The molecule has 0 radical (unpaired) electrons. The lowest BCUT2D eigenvalue weighted by Crippen LogP contribution is -2.42. The van der Waals surface area contributed by atoms with Crippen LogP contribution in [0, 0.1) is 17.8 Å². The summed E-state index contributed by atoms with van der Waals surface area (Å²) in [5.74, 6) is 2.56. The summed E-state index contributed by atoms with van der Waals surface area (Å²) in [6.07, 6.45) is 10.0. The molecule has 0 N–H and O–H groups in total. The quantitative estimate of drug-likeness (QED) is 0.839. The molecule has 2 aromatic heterocycles. The molecule has 2 aromatic rings. The van der Waals surface area contributed by atoms with Gasteiger partial charge in [0, 0.05) is 24.8 Å². The molecule has 4 aliphatic rings. The van der Waals surface area contributed by atoms with Crippen molar-refractivity contribution in [1.82, 2.24) is 19.4 Å². The minimum absolute atomic E-state index is 0.159. The third-order valence-corrected chi connectivity index (χ3v) is 6.58. The van der Waals surface area contributed by atoms with Crippen molar-refractivity contribution in [2.45, 2.75) is 58.0 Å². The Kier molecular flexibility index (Phi) is 3.41. The van der Waals surface area contributed by atoms with Crippen molar-refractivity contribution in [3.8, 4) is 0 Å². The number of fused-ring (bicyclic) bond motifs is 2. The number of hydrogen-bond donors (Lipinski definition) is 0. The highest BCUT2D eigenvalue weighted by Gasteiger charge is 2.44. The second-order valence-corrected chi connectivity index (χ2v) is 8.70. The lowest BCUT2D eigenvalue weighted by atomic mass is 9.68. The van der Waals surface area contributed by atoms with E-state index in [1.54, 1.807) is 6.20 Å². The highest BCUT2D eigenvalue weighted by molar-refractivity contribution is 5.96. The van der Waals surface area contributed by atoms with Crippen LogP contribution in [0.3, 0.4) is 0 Å². The zero-order valence-corrected chi connectivity index (χ0v) is 15.1. The van der Waals surface area contributed by atoms with Gasteiger partial charge in [-0.1, -0.05) is 0 Å². The van der Waals surface area contributed by atoms with Gasteiger partial charge in [-0.15, -0.1) is 0 Å². The molecule has 4 heterocycles. The maximum atomic E-state index is 13.3. The van der Waals surface area contributed by atoms with Crippen LogP contribution < -0.4 is 0 Å². The van der Waals surface area contributed by atoms with Crippen molar-refractivity contribution in [2.24, 2.45) is 17.8 Å². The molecule has 4 fully saturated rings. The van der Waals surface area contributed by atoms with E-state index in [9.17, 15) is 4.79 Å². The van der Waals surface area contributed by atoms with Gasteiger partial charge in [0.15, 0.2) is 5.65 Å². The zero-order chi connectivity index (χ0) is 17.1. The molecule has 0 aromatic carbocycles. The number of carbonyl (C=O) groups excluding carboxylic acids is 1. The van der Waals surface area contributed by atoms with Gasteiger partial charge in [0.1, 0.15) is 5.52 Å². The number of imidazole rings is 1. The van der Waals surface area contributed by atoms with Crippen LogP contribution in [0.2, 0.25) is 0 Å². The van der Waals surface area contributed by atoms with Crippen LogP contribution >= 0.6 is 0 Å². The van der Waals surface area contributed by atoms with Crippen LogP contribution in [0.5, 0.6) is 0 Å². The van der Waals surface area contributed by atoms with E-state index in [1.165, 1.54) is 32.1 Å². The smallest absolute Gasteiger partial charge is 0.255 e. The SMILES string of the molecule is CC(C)n1cnc2cc(C(=O)N3CC4CC5CC(C4)CC3C5)cnc21. The monoisotopic (exact) mass is 338 g/mol. The summed E-state index contributed by atoms with van der Waals surface area (Å²) in [4.78, 5) is 24.5. The van der Waals surface area contributed by atoms with Crippen LogP contribution in [0.4, 0.5) is 0 Å². The van der Waals surface area contributed by atoms with Gasteiger partial charge in [-0.2, -0.15) is 0 Å². The first-order chi connectivity index (χ1) is 12.1. The van der Waals surface area contributed by atoms with E-state index in [-0.39, 0.29) is 5.91 Å². The normalized spacial score (nSPS) is 31.1. The second kappa shape index (κ2) is 5.55. The van der Waals surface area contributed by atoms with Crippen molar-refractivity contribution in [1.29, 1.82) is 0 Å². The minimum Gasteiger partial charge on any atom is -0.335 e. The number of rotatable bonds is 2. The number of nitrogens with zero attached hydrogens (tertiary/aromatic N) is 4. The Morgan fingerprint density at radius 1 is 1.08 bits per heavy atom. The van der Waals surface area contributed by atoms with Gasteiger partial charge in [0.25, 0.3) is 5.91 Å². The molecule has 25 heavy (non-hydrogen) atoms. The highest BCUT2D eigenvalue weighted by Crippen LogP contribution is 2.47. The fourth-order valence-corrected chi connectivity index (χ4v) is 5.61. The van der Waals surface area contributed by atoms with E-state index in [0.29, 0.717) is 23.6 Å². The fraction of sp³-hybridized carbons (Fsp3) is 0.650. The molecule has 2 atom stereocenters. The van der Waals surface area contributed by atoms with Gasteiger partial charge in [-0.05, 0) is 69.8 Å². The van der Waals surface area contributed by atoms with Crippen LogP contribution in [-0.4, -0.2) is 37.9 Å². The molecule has 6 rings (SSSR count). The Morgan fingerprint density at radius 2 is 1.80 bits per heavy atom. The lowest BCUT2D eigenvalue weighted by molar-refractivity contribution is 0.0632. The zero-order valence-electron chi connectivity index (χ0n) is 15.1. The van der Waals surface area contributed by atoms with Crippen LogP contribution in [-0.2, 0) is 0 Å². The Labute approximate surface area is 148 Å². The molecule has 2 aliphatic heterocycles. The Bertz CT molecular complexity index is 812. The Morgan fingerprint density at radius 3 is 2.52 bits per heavy atom. The van der Waals surface area contributed by atoms with Crippen molar-refractivity contribution in [3.63, 3.8) is 0 Å². The number of amides is 1. The van der Waals surface area contributed by atoms with E-state index < -0.39 is 0 Å². The maximum Gasteiger partial charge on any atom is 0.255 e. The molecule has 0 spiro atoms. The van der Waals surface area contributed by atoms with Gasteiger partial charge < -0.3 is 9.47 Å². The number of aromatic nitrogens is 3. The largest absolute Gasteiger partial charge is 0.335 e. The molecule has 2 saturated carbocycles. The lowest BCUT2D eigenvalue weighted by Gasteiger charge is -2.39. The Balaban J connectivity index is 1.47. The molecule has 5 nitrogen and oxygen atoms in total. The fourth-order valence-electron chi connectivity index (χ4n) is 5.61. The third-order valence-electron chi connectivity index (χ3n) is 6.58. The molecule has 5 heteroatoms. The first-order valence-corrected chi connectivity index (χ1v) is 9.72.